The van der Waals surface area contributed by atoms with Crippen LogP contribution in [0.25, 0.3) is 0 Å². The summed E-state index contributed by atoms with van der Waals surface area (Å²) in [7, 11) is 0. The van der Waals surface area contributed by atoms with Crippen LogP contribution in [0.5, 0.6) is 0 Å². The molecule has 0 radical (unpaired) electrons. The largest absolute Gasteiger partial charge is 0.382 e. The predicted molar refractivity (Wildman–Crippen MR) is 74.3 cm³/mol. The van der Waals surface area contributed by atoms with Gasteiger partial charge in [-0.1, -0.05) is 17.7 Å². The average molecular weight is 271 g/mol. The van der Waals surface area contributed by atoms with Gasteiger partial charge < -0.3 is 15.4 Å². The minimum Gasteiger partial charge on any atom is -0.382 e. The molecular formula is C13H19ClN2O2. The van der Waals surface area contributed by atoms with Gasteiger partial charge in [-0.3, -0.25) is 0 Å². The number of ether oxygens (including phenoxy) is 1. The van der Waals surface area contributed by atoms with Gasteiger partial charge in [0.2, 0.25) is 0 Å². The number of nitrogens with one attached hydrogen (secondary N) is 2. The van der Waals surface area contributed by atoms with Crippen LogP contribution in [0.15, 0.2) is 18.2 Å². The van der Waals surface area contributed by atoms with Gasteiger partial charge in [0.25, 0.3) is 0 Å². The van der Waals surface area contributed by atoms with Gasteiger partial charge in [-0.25, -0.2) is 4.79 Å². The molecule has 1 aromatic carbocycles. The lowest BCUT2D eigenvalue weighted by atomic mass is 10.2. The predicted octanol–water partition coefficient (Wildman–Crippen LogP) is 3.20. The van der Waals surface area contributed by atoms with E-state index in [9.17, 15) is 4.79 Å². The molecule has 0 spiro atoms. The van der Waals surface area contributed by atoms with Crippen molar-refractivity contribution in [1.29, 1.82) is 0 Å². The molecule has 4 nitrogen and oxygen atoms in total. The quantitative estimate of drug-likeness (QED) is 0.780. The molecule has 2 amide bonds. The number of carbonyl (C=O) groups is 1. The molecule has 0 atom stereocenters. The molecule has 0 unspecified atom stereocenters. The highest BCUT2D eigenvalue weighted by molar-refractivity contribution is 6.31. The summed E-state index contributed by atoms with van der Waals surface area (Å²) in [6, 6.07) is 5.19. The molecule has 1 aromatic rings. The fourth-order valence-corrected chi connectivity index (χ4v) is 1.55. The third-order valence-corrected chi connectivity index (χ3v) is 2.79. The average Bonchev–Trinajstić information content (AvgIpc) is 2.34. The number of halogens is 1. The lowest BCUT2D eigenvalue weighted by molar-refractivity contribution is 0.145. The molecule has 18 heavy (non-hydrogen) atoms. The zero-order valence-corrected chi connectivity index (χ0v) is 11.5. The topological polar surface area (TPSA) is 50.4 Å². The highest BCUT2D eigenvalue weighted by Crippen LogP contribution is 2.19. The minimum atomic E-state index is -0.230. The van der Waals surface area contributed by atoms with Crippen LogP contribution in [0.4, 0.5) is 10.5 Å². The van der Waals surface area contributed by atoms with Crippen LogP contribution in [-0.4, -0.2) is 25.8 Å². The van der Waals surface area contributed by atoms with Crippen LogP contribution in [0.1, 0.15) is 18.9 Å². The molecule has 5 heteroatoms. The van der Waals surface area contributed by atoms with Gasteiger partial charge in [0, 0.05) is 30.5 Å². The zero-order chi connectivity index (χ0) is 13.4. The van der Waals surface area contributed by atoms with Crippen molar-refractivity contribution < 1.29 is 9.53 Å². The Morgan fingerprint density at radius 2 is 2.22 bits per heavy atom. The lowest BCUT2D eigenvalue weighted by Gasteiger charge is -2.08. The smallest absolute Gasteiger partial charge is 0.319 e. The molecule has 1 rings (SSSR count). The van der Waals surface area contributed by atoms with Gasteiger partial charge in [-0.15, -0.1) is 0 Å². The van der Waals surface area contributed by atoms with Crippen LogP contribution in [-0.2, 0) is 4.74 Å². The van der Waals surface area contributed by atoms with E-state index in [-0.39, 0.29) is 6.03 Å². The molecular weight excluding hydrogens is 252 g/mol. The highest BCUT2D eigenvalue weighted by atomic mass is 35.5. The summed E-state index contributed by atoms with van der Waals surface area (Å²) in [6.07, 6.45) is 0.802. The Kier molecular flexibility index (Phi) is 6.54. The van der Waals surface area contributed by atoms with Gasteiger partial charge in [-0.2, -0.15) is 0 Å². The van der Waals surface area contributed by atoms with Crippen molar-refractivity contribution in [2.75, 3.05) is 25.1 Å². The van der Waals surface area contributed by atoms with Crippen LogP contribution in [0, 0.1) is 6.92 Å². The van der Waals surface area contributed by atoms with Gasteiger partial charge in [-0.05, 0) is 38.0 Å². The van der Waals surface area contributed by atoms with Crippen LogP contribution < -0.4 is 10.6 Å². The van der Waals surface area contributed by atoms with Crippen molar-refractivity contribution in [1.82, 2.24) is 5.32 Å². The molecule has 0 bridgehead atoms. The first-order chi connectivity index (χ1) is 8.63. The second kappa shape index (κ2) is 7.95. The summed E-state index contributed by atoms with van der Waals surface area (Å²) < 4.78 is 5.17. The van der Waals surface area contributed by atoms with Crippen molar-refractivity contribution in [2.24, 2.45) is 0 Å². The van der Waals surface area contributed by atoms with E-state index >= 15 is 0 Å². The molecule has 2 N–H and O–H groups in total. The van der Waals surface area contributed by atoms with Crippen LogP contribution >= 0.6 is 11.6 Å². The Hall–Kier alpha value is -1.26. The van der Waals surface area contributed by atoms with E-state index in [4.69, 9.17) is 16.3 Å². The van der Waals surface area contributed by atoms with Crippen molar-refractivity contribution >= 4 is 23.3 Å². The first-order valence-electron chi connectivity index (χ1n) is 6.02. The minimum absolute atomic E-state index is 0.230. The number of carbonyl (C=O) groups excluding carboxylic acids is 1. The fourth-order valence-electron chi connectivity index (χ4n) is 1.37. The van der Waals surface area contributed by atoms with Crippen molar-refractivity contribution in [2.45, 2.75) is 20.3 Å². The number of anilines is 1. The first kappa shape index (κ1) is 14.8. The number of rotatable bonds is 6. The van der Waals surface area contributed by atoms with Gasteiger partial charge >= 0.3 is 6.03 Å². The lowest BCUT2D eigenvalue weighted by Crippen LogP contribution is -2.30. The maximum Gasteiger partial charge on any atom is 0.319 e. The molecule has 0 aromatic heterocycles. The van der Waals surface area contributed by atoms with E-state index in [1.54, 1.807) is 6.07 Å². The standard InChI is InChI=1S/C13H19ClN2O2/c1-3-18-8-4-7-15-13(17)16-11-6-5-10(2)12(14)9-11/h5-6,9H,3-4,7-8H2,1-2H3,(H2,15,16,17). The molecule has 0 aliphatic carbocycles. The molecule has 0 aliphatic heterocycles. The van der Waals surface area contributed by atoms with E-state index in [0.717, 1.165) is 12.0 Å². The summed E-state index contributed by atoms with van der Waals surface area (Å²) in [6.45, 7) is 5.81. The zero-order valence-electron chi connectivity index (χ0n) is 10.8. The Labute approximate surface area is 113 Å². The second-order valence-electron chi connectivity index (χ2n) is 3.90. The Balaban J connectivity index is 2.29. The molecule has 0 saturated carbocycles. The first-order valence-corrected chi connectivity index (χ1v) is 6.40. The maximum atomic E-state index is 11.5. The summed E-state index contributed by atoms with van der Waals surface area (Å²) in [4.78, 5) is 11.5. The number of urea groups is 1. The Morgan fingerprint density at radius 3 is 2.89 bits per heavy atom. The normalized spacial score (nSPS) is 10.2. The van der Waals surface area contributed by atoms with Gasteiger partial charge in [0.1, 0.15) is 0 Å². The third-order valence-electron chi connectivity index (χ3n) is 2.38. The van der Waals surface area contributed by atoms with Crippen molar-refractivity contribution in [3.05, 3.63) is 28.8 Å². The van der Waals surface area contributed by atoms with E-state index in [1.165, 1.54) is 0 Å². The number of amides is 2. The van der Waals surface area contributed by atoms with Crippen LogP contribution in [0.3, 0.4) is 0 Å². The number of hydrogen-bond acceptors (Lipinski definition) is 2. The Bertz CT molecular complexity index is 397. The monoisotopic (exact) mass is 270 g/mol. The van der Waals surface area contributed by atoms with E-state index in [0.29, 0.717) is 30.5 Å². The van der Waals surface area contributed by atoms with Crippen molar-refractivity contribution in [3.8, 4) is 0 Å². The van der Waals surface area contributed by atoms with Crippen molar-refractivity contribution in [3.63, 3.8) is 0 Å². The highest BCUT2D eigenvalue weighted by Gasteiger charge is 2.02. The second-order valence-corrected chi connectivity index (χ2v) is 4.30. The molecule has 0 saturated heterocycles. The van der Waals surface area contributed by atoms with E-state index < -0.39 is 0 Å². The van der Waals surface area contributed by atoms with Crippen LogP contribution in [0.2, 0.25) is 5.02 Å². The Morgan fingerprint density at radius 1 is 1.44 bits per heavy atom. The molecule has 0 fully saturated rings. The van der Waals surface area contributed by atoms with E-state index in [1.807, 2.05) is 26.0 Å². The molecule has 0 heterocycles. The number of benzene rings is 1. The fraction of sp³-hybridized carbons (Fsp3) is 0.462. The van der Waals surface area contributed by atoms with Gasteiger partial charge in [0.05, 0.1) is 0 Å². The summed E-state index contributed by atoms with van der Waals surface area (Å²) in [5, 5.41) is 6.12. The summed E-state index contributed by atoms with van der Waals surface area (Å²) in [5.74, 6) is 0. The SMILES string of the molecule is CCOCCCNC(=O)Nc1ccc(C)c(Cl)c1. The van der Waals surface area contributed by atoms with E-state index in [2.05, 4.69) is 10.6 Å². The number of hydrogen-bond donors (Lipinski definition) is 2. The summed E-state index contributed by atoms with van der Waals surface area (Å²) in [5.41, 5.74) is 1.67. The maximum absolute atomic E-state index is 11.5. The number of aryl methyl sites for hydroxylation is 1. The molecule has 0 aliphatic rings. The van der Waals surface area contributed by atoms with Gasteiger partial charge in [0.15, 0.2) is 0 Å². The summed E-state index contributed by atoms with van der Waals surface area (Å²) >= 11 is 5.97. The third kappa shape index (κ3) is 5.38. The molecule has 100 valence electrons.